The van der Waals surface area contributed by atoms with Crippen molar-refractivity contribution in [2.45, 2.75) is 0 Å². The quantitative estimate of drug-likeness (QED) is 0.602. The first kappa shape index (κ1) is 8.10. The van der Waals surface area contributed by atoms with E-state index in [0.717, 1.165) is 0 Å². The largest absolute Gasteiger partial charge is 0.481 e. The van der Waals surface area contributed by atoms with Crippen molar-refractivity contribution in [2.24, 2.45) is 0 Å². The molecule has 3 heteroatoms. The summed E-state index contributed by atoms with van der Waals surface area (Å²) in [5.41, 5.74) is 0.324. The van der Waals surface area contributed by atoms with E-state index in [-0.39, 0.29) is 6.61 Å². The number of nitriles is 1. The van der Waals surface area contributed by atoms with Gasteiger partial charge in [-0.2, -0.15) is 5.26 Å². The van der Waals surface area contributed by atoms with Crippen LogP contribution >= 0.6 is 0 Å². The maximum absolute atomic E-state index is 8.48. The zero-order chi connectivity index (χ0) is 8.81. The van der Waals surface area contributed by atoms with Crippen LogP contribution in [-0.2, 0) is 0 Å². The Hall–Kier alpha value is -2.00. The number of nitrogens with zero attached hydrogens (tertiary/aromatic N) is 2. The standard InChI is InChI=1S/C9H6N2O/c1-2-5-12-9-3-4-11-8(6-9)7-10/h1,3-4,6H,5H2. The van der Waals surface area contributed by atoms with Crippen molar-refractivity contribution in [3.63, 3.8) is 0 Å². The number of rotatable bonds is 2. The second-order valence-corrected chi connectivity index (χ2v) is 1.98. The second-order valence-electron chi connectivity index (χ2n) is 1.98. The molecule has 1 rings (SSSR count). The van der Waals surface area contributed by atoms with Gasteiger partial charge in [-0.05, 0) is 6.07 Å². The normalized spacial score (nSPS) is 8.17. The van der Waals surface area contributed by atoms with E-state index in [1.807, 2.05) is 6.07 Å². The molecule has 0 aromatic carbocycles. The fourth-order valence-corrected chi connectivity index (χ4v) is 0.687. The monoisotopic (exact) mass is 158 g/mol. The van der Waals surface area contributed by atoms with Gasteiger partial charge in [-0.1, -0.05) is 5.92 Å². The Morgan fingerprint density at radius 3 is 3.17 bits per heavy atom. The van der Waals surface area contributed by atoms with Gasteiger partial charge in [0.2, 0.25) is 0 Å². The fourth-order valence-electron chi connectivity index (χ4n) is 0.687. The number of ether oxygens (including phenoxy) is 1. The zero-order valence-corrected chi connectivity index (χ0v) is 6.32. The van der Waals surface area contributed by atoms with Crippen LogP contribution in [0, 0.1) is 23.7 Å². The van der Waals surface area contributed by atoms with Gasteiger partial charge in [-0.25, -0.2) is 4.98 Å². The summed E-state index contributed by atoms with van der Waals surface area (Å²) in [6.07, 6.45) is 6.50. The van der Waals surface area contributed by atoms with Gasteiger partial charge in [0.1, 0.15) is 24.1 Å². The highest BCUT2D eigenvalue weighted by molar-refractivity contribution is 5.29. The summed E-state index contributed by atoms with van der Waals surface area (Å²) < 4.78 is 5.07. The molecule has 12 heavy (non-hydrogen) atoms. The van der Waals surface area contributed by atoms with Crippen molar-refractivity contribution in [3.8, 4) is 24.2 Å². The second kappa shape index (κ2) is 4.00. The highest BCUT2D eigenvalue weighted by atomic mass is 16.5. The minimum Gasteiger partial charge on any atom is -0.481 e. The van der Waals surface area contributed by atoms with E-state index in [1.165, 1.54) is 12.3 Å². The molecule has 0 saturated heterocycles. The van der Waals surface area contributed by atoms with Crippen molar-refractivity contribution < 1.29 is 4.74 Å². The Kier molecular flexibility index (Phi) is 2.70. The lowest BCUT2D eigenvalue weighted by Crippen LogP contribution is -1.94. The number of terminal acetylenes is 1. The molecule has 3 nitrogen and oxygen atoms in total. The number of pyridine rings is 1. The molecule has 0 bridgehead atoms. The van der Waals surface area contributed by atoms with Crippen LogP contribution < -0.4 is 4.74 Å². The van der Waals surface area contributed by atoms with Crippen LogP contribution in [0.1, 0.15) is 5.69 Å². The molecular formula is C9H6N2O. The van der Waals surface area contributed by atoms with Gasteiger partial charge in [-0.15, -0.1) is 6.42 Å². The number of aromatic nitrogens is 1. The average Bonchev–Trinajstić information content (AvgIpc) is 2.15. The molecular weight excluding hydrogens is 152 g/mol. The van der Waals surface area contributed by atoms with E-state index in [4.69, 9.17) is 16.4 Å². The summed E-state index contributed by atoms with van der Waals surface area (Å²) in [7, 11) is 0. The van der Waals surface area contributed by atoms with E-state index in [0.29, 0.717) is 11.4 Å². The highest BCUT2D eigenvalue weighted by Gasteiger charge is 1.94. The third-order valence-corrected chi connectivity index (χ3v) is 1.17. The van der Waals surface area contributed by atoms with Crippen molar-refractivity contribution in [2.75, 3.05) is 6.61 Å². The molecule has 0 aliphatic heterocycles. The predicted molar refractivity (Wildman–Crippen MR) is 43.3 cm³/mol. The van der Waals surface area contributed by atoms with Crippen LogP contribution in [0.2, 0.25) is 0 Å². The van der Waals surface area contributed by atoms with Crippen LogP contribution in [0.4, 0.5) is 0 Å². The molecule has 1 aromatic rings. The van der Waals surface area contributed by atoms with E-state index in [2.05, 4.69) is 10.9 Å². The van der Waals surface area contributed by atoms with E-state index in [1.54, 1.807) is 6.07 Å². The minimum absolute atomic E-state index is 0.203. The van der Waals surface area contributed by atoms with Crippen molar-refractivity contribution in [3.05, 3.63) is 24.0 Å². The summed E-state index contributed by atoms with van der Waals surface area (Å²) in [5, 5.41) is 8.48. The summed E-state index contributed by atoms with van der Waals surface area (Å²) in [6, 6.07) is 5.09. The summed E-state index contributed by atoms with van der Waals surface area (Å²) in [4.78, 5) is 3.77. The van der Waals surface area contributed by atoms with E-state index >= 15 is 0 Å². The summed E-state index contributed by atoms with van der Waals surface area (Å²) in [5.74, 6) is 2.90. The number of hydrogen-bond acceptors (Lipinski definition) is 3. The Morgan fingerprint density at radius 1 is 1.67 bits per heavy atom. The van der Waals surface area contributed by atoms with Crippen LogP contribution in [0.5, 0.6) is 5.75 Å². The first-order valence-electron chi connectivity index (χ1n) is 3.29. The maximum atomic E-state index is 8.48. The third kappa shape index (κ3) is 2.00. The van der Waals surface area contributed by atoms with Crippen LogP contribution in [0.15, 0.2) is 18.3 Å². The van der Waals surface area contributed by atoms with Gasteiger partial charge in [-0.3, -0.25) is 0 Å². The molecule has 0 aliphatic rings. The Bertz CT molecular complexity index is 346. The molecule has 0 aliphatic carbocycles. The molecule has 0 saturated carbocycles. The Balaban J connectivity index is 2.76. The summed E-state index contributed by atoms with van der Waals surface area (Å²) >= 11 is 0. The van der Waals surface area contributed by atoms with Gasteiger partial charge in [0.15, 0.2) is 0 Å². The van der Waals surface area contributed by atoms with Crippen molar-refractivity contribution in [1.82, 2.24) is 4.98 Å². The molecule has 1 heterocycles. The lowest BCUT2D eigenvalue weighted by Gasteiger charge is -1.99. The topological polar surface area (TPSA) is 45.9 Å². The molecule has 0 radical (unpaired) electrons. The molecule has 0 N–H and O–H groups in total. The lowest BCUT2D eigenvalue weighted by molar-refractivity contribution is 0.370. The van der Waals surface area contributed by atoms with Gasteiger partial charge >= 0.3 is 0 Å². The SMILES string of the molecule is C#CCOc1ccnc(C#N)c1. The van der Waals surface area contributed by atoms with Gasteiger partial charge in [0, 0.05) is 12.3 Å². The van der Waals surface area contributed by atoms with Crippen molar-refractivity contribution >= 4 is 0 Å². The van der Waals surface area contributed by atoms with Crippen LogP contribution in [0.25, 0.3) is 0 Å². The van der Waals surface area contributed by atoms with Crippen molar-refractivity contribution in [1.29, 1.82) is 5.26 Å². The molecule has 0 amide bonds. The molecule has 0 spiro atoms. The zero-order valence-electron chi connectivity index (χ0n) is 6.32. The molecule has 58 valence electrons. The lowest BCUT2D eigenvalue weighted by atomic mass is 10.3. The van der Waals surface area contributed by atoms with Crippen LogP contribution in [0.3, 0.4) is 0 Å². The van der Waals surface area contributed by atoms with E-state index in [9.17, 15) is 0 Å². The fraction of sp³-hybridized carbons (Fsp3) is 0.111. The third-order valence-electron chi connectivity index (χ3n) is 1.17. The summed E-state index contributed by atoms with van der Waals surface area (Å²) in [6.45, 7) is 0.203. The Morgan fingerprint density at radius 2 is 2.50 bits per heavy atom. The van der Waals surface area contributed by atoms with Crippen LogP contribution in [-0.4, -0.2) is 11.6 Å². The first-order chi connectivity index (χ1) is 5.86. The number of hydrogen-bond donors (Lipinski definition) is 0. The minimum atomic E-state index is 0.203. The molecule has 0 fully saturated rings. The molecule has 0 unspecified atom stereocenters. The Labute approximate surface area is 70.6 Å². The maximum Gasteiger partial charge on any atom is 0.148 e. The molecule has 0 atom stereocenters. The van der Waals surface area contributed by atoms with Gasteiger partial charge in [0.05, 0.1) is 0 Å². The first-order valence-corrected chi connectivity index (χ1v) is 3.29. The smallest absolute Gasteiger partial charge is 0.148 e. The van der Waals surface area contributed by atoms with E-state index < -0.39 is 0 Å². The highest BCUT2D eigenvalue weighted by Crippen LogP contribution is 2.09. The van der Waals surface area contributed by atoms with Gasteiger partial charge in [0.25, 0.3) is 0 Å². The average molecular weight is 158 g/mol. The van der Waals surface area contributed by atoms with Gasteiger partial charge < -0.3 is 4.74 Å². The molecule has 1 aromatic heterocycles. The predicted octanol–water partition coefficient (Wildman–Crippen LogP) is 0.965.